The van der Waals surface area contributed by atoms with Gasteiger partial charge in [-0.25, -0.2) is 0 Å². The Kier molecular flexibility index (Phi) is 6.77. The third-order valence-electron chi connectivity index (χ3n) is 5.83. The fourth-order valence-electron chi connectivity index (χ4n) is 3.81. The van der Waals surface area contributed by atoms with E-state index in [0.29, 0.717) is 41.6 Å². The number of pyridine rings is 1. The number of rotatable bonds is 8. The Bertz CT molecular complexity index is 1260. The molecule has 1 aliphatic carbocycles. The number of carboxylic acid groups (broad SMARTS) is 1. The molecule has 180 valence electrons. The summed E-state index contributed by atoms with van der Waals surface area (Å²) >= 11 is 0. The third-order valence-corrected chi connectivity index (χ3v) is 5.83. The molecule has 2 aromatic heterocycles. The minimum atomic E-state index is -0.760. The van der Waals surface area contributed by atoms with Crippen LogP contribution in [0.1, 0.15) is 37.9 Å². The number of carbonyl (C=O) groups is 1. The molecule has 9 heteroatoms. The minimum Gasteiger partial charge on any atom is -0.481 e. The molecule has 1 aromatic carbocycles. The Morgan fingerprint density at radius 1 is 1.14 bits per heavy atom. The van der Waals surface area contributed by atoms with Crippen LogP contribution < -0.4 is 15.8 Å². The average molecular weight is 473 g/mol. The molecule has 35 heavy (non-hydrogen) atoms. The Hall–Kier alpha value is -4.27. The summed E-state index contributed by atoms with van der Waals surface area (Å²) in [4.78, 5) is 29.0. The van der Waals surface area contributed by atoms with E-state index < -0.39 is 11.4 Å². The number of anilines is 1. The van der Waals surface area contributed by atoms with E-state index in [1.807, 2.05) is 50.2 Å². The molecule has 2 heterocycles. The van der Waals surface area contributed by atoms with Crippen LogP contribution in [0.3, 0.4) is 0 Å². The molecule has 0 amide bonds. The second-order valence-corrected chi connectivity index (χ2v) is 8.58. The van der Waals surface area contributed by atoms with Crippen LogP contribution in [0.4, 0.5) is 5.82 Å². The first-order valence-corrected chi connectivity index (χ1v) is 11.3. The van der Waals surface area contributed by atoms with Crippen LogP contribution in [0.25, 0.3) is 16.7 Å². The third kappa shape index (κ3) is 5.13. The fraction of sp³-hybridized carbons (Fsp3) is 0.269. The minimum absolute atomic E-state index is 0.0238. The van der Waals surface area contributed by atoms with E-state index in [1.54, 1.807) is 25.6 Å². The van der Waals surface area contributed by atoms with Gasteiger partial charge in [0.2, 0.25) is 5.88 Å². The number of nitrogens with one attached hydrogen (secondary N) is 1. The van der Waals surface area contributed by atoms with Crippen molar-refractivity contribution in [2.45, 2.75) is 38.2 Å². The summed E-state index contributed by atoms with van der Waals surface area (Å²) in [7, 11) is 1.65. The van der Waals surface area contributed by atoms with Crippen molar-refractivity contribution < 1.29 is 14.6 Å². The Morgan fingerprint density at radius 3 is 2.40 bits per heavy atom. The number of carboxylic acids is 1. The SMILES string of the molecule is CN=C(Nc1cncc(OC(C)C)n1)C(=CN)c1ccc(-c2ccc(C3(C(=O)O)CC3)cc2)cn1. The zero-order chi connectivity index (χ0) is 25.0. The van der Waals surface area contributed by atoms with E-state index in [4.69, 9.17) is 10.5 Å². The second-order valence-electron chi connectivity index (χ2n) is 8.58. The van der Waals surface area contributed by atoms with Gasteiger partial charge in [-0.15, -0.1) is 0 Å². The Balaban J connectivity index is 1.51. The number of hydrogen-bond donors (Lipinski definition) is 3. The highest BCUT2D eigenvalue weighted by Gasteiger charge is 2.51. The van der Waals surface area contributed by atoms with E-state index in [-0.39, 0.29) is 6.10 Å². The van der Waals surface area contributed by atoms with Gasteiger partial charge < -0.3 is 20.9 Å². The van der Waals surface area contributed by atoms with Crippen LogP contribution in [0, 0.1) is 0 Å². The van der Waals surface area contributed by atoms with Crippen LogP contribution in [-0.4, -0.2) is 45.0 Å². The van der Waals surface area contributed by atoms with Gasteiger partial charge in [0, 0.05) is 25.0 Å². The van der Waals surface area contributed by atoms with Crippen molar-refractivity contribution in [1.82, 2.24) is 15.0 Å². The molecule has 4 N–H and O–H groups in total. The fourth-order valence-corrected chi connectivity index (χ4v) is 3.81. The summed E-state index contributed by atoms with van der Waals surface area (Å²) in [5.41, 5.74) is 9.15. The molecule has 0 saturated heterocycles. The molecule has 1 fully saturated rings. The van der Waals surface area contributed by atoms with Gasteiger partial charge in [0.1, 0.15) is 5.84 Å². The van der Waals surface area contributed by atoms with Crippen molar-refractivity contribution in [3.05, 3.63) is 72.4 Å². The van der Waals surface area contributed by atoms with Gasteiger partial charge in [0.25, 0.3) is 0 Å². The number of aliphatic imine (C=N–C) groups is 1. The molecule has 4 rings (SSSR count). The number of benzene rings is 1. The quantitative estimate of drug-likeness (QED) is 0.332. The van der Waals surface area contributed by atoms with E-state index in [1.165, 1.54) is 6.20 Å². The maximum absolute atomic E-state index is 11.6. The van der Waals surface area contributed by atoms with Crippen molar-refractivity contribution in [3.8, 4) is 17.0 Å². The lowest BCUT2D eigenvalue weighted by atomic mass is 9.94. The van der Waals surface area contributed by atoms with Crippen molar-refractivity contribution in [2.24, 2.45) is 10.7 Å². The normalized spacial score (nSPS) is 15.1. The first kappa shape index (κ1) is 23.9. The molecule has 1 aliphatic rings. The van der Waals surface area contributed by atoms with Gasteiger partial charge in [-0.2, -0.15) is 4.98 Å². The number of amidine groups is 1. The van der Waals surface area contributed by atoms with Crippen molar-refractivity contribution in [1.29, 1.82) is 0 Å². The molecule has 1 saturated carbocycles. The standard InChI is InChI=1S/C26H28N6O3/c1-16(2)35-23-15-29-14-22(31-23)32-24(28-3)20(12-27)21-9-6-18(13-30-21)17-4-7-19(8-5-17)26(10-11-26)25(33)34/h4-9,12-16H,10-11,27H2,1-3H3,(H,33,34)(H,28,31,32). The van der Waals surface area contributed by atoms with E-state index in [0.717, 1.165) is 16.7 Å². The number of nitrogens with two attached hydrogens (primary N) is 1. The van der Waals surface area contributed by atoms with Gasteiger partial charge in [-0.1, -0.05) is 30.3 Å². The molecule has 0 bridgehead atoms. The predicted molar refractivity (Wildman–Crippen MR) is 135 cm³/mol. The Morgan fingerprint density at radius 2 is 1.86 bits per heavy atom. The molecule has 0 radical (unpaired) electrons. The number of aliphatic carboxylic acids is 1. The lowest BCUT2D eigenvalue weighted by Gasteiger charge is -2.14. The maximum Gasteiger partial charge on any atom is 0.314 e. The number of ether oxygens (including phenoxy) is 1. The predicted octanol–water partition coefficient (Wildman–Crippen LogP) is 3.88. The molecule has 0 unspecified atom stereocenters. The molecule has 3 aromatic rings. The van der Waals surface area contributed by atoms with Gasteiger partial charge >= 0.3 is 5.97 Å². The van der Waals surface area contributed by atoms with Crippen LogP contribution in [-0.2, 0) is 10.2 Å². The summed E-state index contributed by atoms with van der Waals surface area (Å²) in [6, 6.07) is 11.4. The second kappa shape index (κ2) is 9.92. The highest BCUT2D eigenvalue weighted by atomic mass is 16.5. The van der Waals surface area contributed by atoms with Gasteiger partial charge in [-0.3, -0.25) is 19.8 Å². The molecular formula is C26H28N6O3. The zero-order valence-corrected chi connectivity index (χ0v) is 19.9. The summed E-state index contributed by atoms with van der Waals surface area (Å²) in [6.07, 6.45) is 7.65. The molecule has 9 nitrogen and oxygen atoms in total. The topological polar surface area (TPSA) is 136 Å². The molecular weight excluding hydrogens is 444 g/mol. The summed E-state index contributed by atoms with van der Waals surface area (Å²) < 4.78 is 5.60. The summed E-state index contributed by atoms with van der Waals surface area (Å²) in [5.74, 6) is 0.596. The summed E-state index contributed by atoms with van der Waals surface area (Å²) in [6.45, 7) is 3.83. The Labute approximate surface area is 203 Å². The van der Waals surface area contributed by atoms with Crippen LogP contribution >= 0.6 is 0 Å². The highest BCUT2D eigenvalue weighted by molar-refractivity contribution is 6.27. The number of aromatic nitrogens is 3. The van der Waals surface area contributed by atoms with Crippen LogP contribution in [0.15, 0.2) is 66.2 Å². The lowest BCUT2D eigenvalue weighted by molar-refractivity contribution is -0.140. The number of hydrogen-bond acceptors (Lipinski definition) is 7. The van der Waals surface area contributed by atoms with Gasteiger partial charge in [0.05, 0.1) is 35.2 Å². The van der Waals surface area contributed by atoms with Gasteiger partial charge in [-0.05, 0) is 43.9 Å². The zero-order valence-electron chi connectivity index (χ0n) is 19.9. The largest absolute Gasteiger partial charge is 0.481 e. The first-order valence-electron chi connectivity index (χ1n) is 11.3. The van der Waals surface area contributed by atoms with E-state index >= 15 is 0 Å². The number of nitrogens with zero attached hydrogens (tertiary/aromatic N) is 4. The van der Waals surface area contributed by atoms with Crippen LogP contribution in [0.2, 0.25) is 0 Å². The first-order chi connectivity index (χ1) is 16.9. The van der Waals surface area contributed by atoms with Crippen molar-refractivity contribution in [2.75, 3.05) is 12.4 Å². The summed E-state index contributed by atoms with van der Waals surface area (Å²) in [5, 5.41) is 12.6. The van der Waals surface area contributed by atoms with Crippen LogP contribution in [0.5, 0.6) is 5.88 Å². The molecule has 0 aliphatic heterocycles. The molecule has 0 atom stereocenters. The highest BCUT2D eigenvalue weighted by Crippen LogP contribution is 2.48. The molecule has 0 spiro atoms. The van der Waals surface area contributed by atoms with E-state index in [2.05, 4.69) is 25.3 Å². The van der Waals surface area contributed by atoms with Crippen molar-refractivity contribution in [3.63, 3.8) is 0 Å². The maximum atomic E-state index is 11.6. The van der Waals surface area contributed by atoms with Crippen molar-refractivity contribution >= 4 is 23.2 Å². The van der Waals surface area contributed by atoms with E-state index in [9.17, 15) is 9.90 Å². The smallest absolute Gasteiger partial charge is 0.314 e. The monoisotopic (exact) mass is 472 g/mol. The lowest BCUT2D eigenvalue weighted by Crippen LogP contribution is -2.19. The van der Waals surface area contributed by atoms with Gasteiger partial charge in [0.15, 0.2) is 5.82 Å². The average Bonchev–Trinajstić information content (AvgIpc) is 3.67.